The monoisotopic (exact) mass is 631 g/mol. The first-order valence-electron chi connectivity index (χ1n) is 11.2. The molecule has 1 amide bonds. The Bertz CT molecular complexity index is 1320. The van der Waals surface area contributed by atoms with Crippen LogP contribution in [-0.4, -0.2) is 54.2 Å². The average molecular weight is 631 g/mol. The maximum absolute atomic E-state index is 14.7. The van der Waals surface area contributed by atoms with E-state index in [0.29, 0.717) is 5.56 Å². The van der Waals surface area contributed by atoms with Gasteiger partial charge in [-0.3, -0.25) is 4.79 Å². The molecule has 0 aliphatic rings. The lowest BCUT2D eigenvalue weighted by Gasteiger charge is -2.41. The minimum absolute atomic E-state index is 0.302. The molecular formula is C25H16F15NO. The van der Waals surface area contributed by atoms with E-state index in [1.165, 1.54) is 30.3 Å². The van der Waals surface area contributed by atoms with E-state index in [0.717, 1.165) is 25.1 Å². The van der Waals surface area contributed by atoms with Gasteiger partial charge >= 0.3 is 47.6 Å². The quantitative estimate of drug-likeness (QED) is 0.202. The fraction of sp³-hybridized carbons (Fsp3) is 0.400. The van der Waals surface area contributed by atoms with Crippen molar-refractivity contribution in [1.29, 1.82) is 0 Å². The Kier molecular flexibility index (Phi) is 9.27. The van der Waals surface area contributed by atoms with Gasteiger partial charge in [0, 0.05) is 17.7 Å². The number of hydrogen-bond acceptors (Lipinski definition) is 1. The number of carbonyl (C=O) groups is 1. The Morgan fingerprint density at radius 2 is 1.07 bits per heavy atom. The zero-order valence-corrected chi connectivity index (χ0v) is 20.6. The number of anilines is 1. The first-order valence-corrected chi connectivity index (χ1v) is 11.2. The highest BCUT2D eigenvalue weighted by Gasteiger charge is 2.94. The van der Waals surface area contributed by atoms with Gasteiger partial charge in [-0.25, -0.2) is 0 Å². The zero-order valence-electron chi connectivity index (χ0n) is 20.6. The topological polar surface area (TPSA) is 20.3 Å². The molecule has 0 radical (unpaired) electrons. The number of para-hydroxylation sites is 1. The number of carbonyl (C=O) groups excluding carboxylic acids is 1. The van der Waals surface area contributed by atoms with Gasteiger partial charge < -0.3 is 4.90 Å². The van der Waals surface area contributed by atoms with Gasteiger partial charge in [-0.15, -0.1) is 0 Å². The molecule has 2 rings (SSSR count). The van der Waals surface area contributed by atoms with E-state index in [2.05, 4.69) is 11.8 Å². The maximum atomic E-state index is 14.7. The molecular weight excluding hydrogens is 615 g/mol. The van der Waals surface area contributed by atoms with Gasteiger partial charge in [0.15, 0.2) is 0 Å². The molecule has 0 aliphatic carbocycles. The fourth-order valence-electron chi connectivity index (χ4n) is 3.30. The predicted octanol–water partition coefficient (Wildman–Crippen LogP) is 8.20. The standard InChI is InChI=1S/C25H16F15NO/c1-2-14-41(17-11-7-6-10-16(17)13-12-15-8-4-3-5-9-15)18(42)19(26,27)20(28,29)21(30,31)22(32,33)23(34,35)24(36,37)25(38,39)40/h3-11H,2,14H2,1H3. The lowest BCUT2D eigenvalue weighted by Crippen LogP contribution is -2.74. The van der Waals surface area contributed by atoms with Gasteiger partial charge in [0.25, 0.3) is 0 Å². The molecule has 0 saturated heterocycles. The van der Waals surface area contributed by atoms with Crippen molar-refractivity contribution in [3.63, 3.8) is 0 Å². The minimum Gasteiger partial charge on any atom is -0.306 e. The van der Waals surface area contributed by atoms with Gasteiger partial charge in [0.2, 0.25) is 0 Å². The summed E-state index contributed by atoms with van der Waals surface area (Å²) in [5.41, 5.74) is -0.848. The third-order valence-electron chi connectivity index (χ3n) is 5.60. The molecule has 0 spiro atoms. The molecule has 42 heavy (non-hydrogen) atoms. The lowest BCUT2D eigenvalue weighted by atomic mass is 9.90. The van der Waals surface area contributed by atoms with Crippen molar-refractivity contribution < 1.29 is 70.7 Å². The predicted molar refractivity (Wildman–Crippen MR) is 117 cm³/mol. The third kappa shape index (κ3) is 5.47. The van der Waals surface area contributed by atoms with E-state index < -0.39 is 66.3 Å². The smallest absolute Gasteiger partial charge is 0.306 e. The second kappa shape index (κ2) is 11.3. The molecule has 232 valence electrons. The van der Waals surface area contributed by atoms with Crippen LogP contribution in [0, 0.1) is 11.8 Å². The summed E-state index contributed by atoms with van der Waals surface area (Å²) in [4.78, 5) is 12.2. The van der Waals surface area contributed by atoms with Crippen molar-refractivity contribution in [3.8, 4) is 11.8 Å². The van der Waals surface area contributed by atoms with Gasteiger partial charge in [0.1, 0.15) is 0 Å². The average Bonchev–Trinajstić information content (AvgIpc) is 2.89. The molecule has 0 fully saturated rings. The summed E-state index contributed by atoms with van der Waals surface area (Å²) in [6, 6.07) is 11.6. The van der Waals surface area contributed by atoms with Crippen LogP contribution in [0.2, 0.25) is 0 Å². The van der Waals surface area contributed by atoms with E-state index in [4.69, 9.17) is 0 Å². The molecule has 2 nitrogen and oxygen atoms in total. The van der Waals surface area contributed by atoms with Crippen molar-refractivity contribution in [2.24, 2.45) is 0 Å². The van der Waals surface area contributed by atoms with Crippen molar-refractivity contribution in [1.82, 2.24) is 0 Å². The summed E-state index contributed by atoms with van der Waals surface area (Å²) in [5, 5.41) is 0. The third-order valence-corrected chi connectivity index (χ3v) is 5.60. The van der Waals surface area contributed by atoms with Crippen LogP contribution in [0.25, 0.3) is 0 Å². The van der Waals surface area contributed by atoms with Crippen LogP contribution in [0.3, 0.4) is 0 Å². The highest BCUT2D eigenvalue weighted by Crippen LogP contribution is 2.62. The summed E-state index contributed by atoms with van der Waals surface area (Å²) >= 11 is 0. The zero-order chi connectivity index (χ0) is 32.6. The molecule has 0 heterocycles. The maximum Gasteiger partial charge on any atom is 0.460 e. The van der Waals surface area contributed by atoms with Crippen LogP contribution < -0.4 is 4.90 Å². The second-order valence-electron chi connectivity index (χ2n) is 8.53. The van der Waals surface area contributed by atoms with E-state index in [1.54, 1.807) is 6.07 Å². The summed E-state index contributed by atoms with van der Waals surface area (Å²) < 4.78 is 204. The number of hydrogen-bond donors (Lipinski definition) is 0. The Morgan fingerprint density at radius 3 is 1.57 bits per heavy atom. The SMILES string of the molecule is CCCN(C(=O)C(F)(F)C(F)(F)C(F)(F)C(F)(F)C(F)(F)C(F)(F)C(F)(F)F)c1ccccc1C#Cc1ccccc1. The summed E-state index contributed by atoms with van der Waals surface area (Å²) in [6.45, 7) is 0.135. The van der Waals surface area contributed by atoms with Crippen molar-refractivity contribution >= 4 is 11.6 Å². The summed E-state index contributed by atoms with van der Waals surface area (Å²) in [6.07, 6.45) is -8.11. The molecule has 2 aromatic rings. The van der Waals surface area contributed by atoms with E-state index >= 15 is 0 Å². The van der Waals surface area contributed by atoms with E-state index in [1.807, 2.05) is 0 Å². The minimum atomic E-state index is -8.49. The number of amides is 1. The van der Waals surface area contributed by atoms with E-state index in [9.17, 15) is 70.7 Å². The molecule has 0 saturated carbocycles. The van der Waals surface area contributed by atoms with Crippen LogP contribution in [0.4, 0.5) is 71.5 Å². The van der Waals surface area contributed by atoms with Crippen LogP contribution >= 0.6 is 0 Å². The van der Waals surface area contributed by atoms with Crippen molar-refractivity contribution in [3.05, 3.63) is 65.7 Å². The molecule has 0 unspecified atom stereocenters. The second-order valence-corrected chi connectivity index (χ2v) is 8.53. The lowest BCUT2D eigenvalue weighted by molar-refractivity contribution is -0.449. The van der Waals surface area contributed by atoms with Crippen molar-refractivity contribution in [2.45, 2.75) is 55.1 Å². The Balaban J connectivity index is 2.65. The van der Waals surface area contributed by atoms with Crippen LogP contribution in [0.5, 0.6) is 0 Å². The number of halogens is 15. The number of alkyl halides is 15. The number of nitrogens with zero attached hydrogens (tertiary/aromatic N) is 1. The fourth-order valence-corrected chi connectivity index (χ4v) is 3.30. The van der Waals surface area contributed by atoms with Crippen LogP contribution in [0.1, 0.15) is 24.5 Å². The molecule has 0 N–H and O–H groups in total. The first-order chi connectivity index (χ1) is 18.9. The van der Waals surface area contributed by atoms with Gasteiger partial charge in [-0.2, -0.15) is 65.9 Å². The van der Waals surface area contributed by atoms with Crippen LogP contribution in [0.15, 0.2) is 54.6 Å². The number of rotatable bonds is 9. The van der Waals surface area contributed by atoms with E-state index in [-0.39, 0.29) is 10.5 Å². The molecule has 2 aromatic carbocycles. The molecule has 0 atom stereocenters. The highest BCUT2D eigenvalue weighted by atomic mass is 19.4. The molecule has 17 heteroatoms. The van der Waals surface area contributed by atoms with Gasteiger partial charge in [0.05, 0.1) is 5.69 Å². The van der Waals surface area contributed by atoms with Crippen LogP contribution in [-0.2, 0) is 4.79 Å². The molecule has 0 aliphatic heterocycles. The Hall–Kier alpha value is -3.58. The normalized spacial score (nSPS) is 13.8. The molecule has 0 aromatic heterocycles. The largest absolute Gasteiger partial charge is 0.460 e. The Labute approximate surface area is 227 Å². The highest BCUT2D eigenvalue weighted by molar-refractivity contribution is 6.00. The number of benzene rings is 2. The van der Waals surface area contributed by atoms with Gasteiger partial charge in [-0.05, 0) is 30.7 Å². The first kappa shape index (κ1) is 34.6. The molecule has 0 bridgehead atoms. The summed E-state index contributed by atoms with van der Waals surface area (Å²) in [7, 11) is 0. The van der Waals surface area contributed by atoms with Crippen molar-refractivity contribution in [2.75, 3.05) is 11.4 Å². The summed E-state index contributed by atoms with van der Waals surface area (Å²) in [5.74, 6) is -46.9. The van der Waals surface area contributed by atoms with Gasteiger partial charge in [-0.1, -0.05) is 49.1 Å². The Morgan fingerprint density at radius 1 is 0.619 bits per heavy atom.